The van der Waals surface area contributed by atoms with Crippen LogP contribution in [0.1, 0.15) is 17.5 Å². The van der Waals surface area contributed by atoms with E-state index in [0.29, 0.717) is 30.9 Å². The van der Waals surface area contributed by atoms with E-state index < -0.39 is 6.10 Å². The highest BCUT2D eigenvalue weighted by Crippen LogP contribution is 2.27. The van der Waals surface area contributed by atoms with Crippen LogP contribution in [0.2, 0.25) is 0 Å². The molecule has 1 heterocycles. The second-order valence-corrected chi connectivity index (χ2v) is 6.99. The Morgan fingerprint density at radius 3 is 2.78 bits per heavy atom. The molecule has 0 spiro atoms. The van der Waals surface area contributed by atoms with Gasteiger partial charge >= 0.3 is 0 Å². The molecule has 2 aromatic rings. The number of rotatable bonds is 7. The van der Waals surface area contributed by atoms with Gasteiger partial charge in [0.05, 0.1) is 19.9 Å². The van der Waals surface area contributed by atoms with Crippen molar-refractivity contribution in [2.24, 2.45) is 5.16 Å². The van der Waals surface area contributed by atoms with Crippen molar-refractivity contribution in [2.45, 2.75) is 18.9 Å². The van der Waals surface area contributed by atoms with E-state index >= 15 is 0 Å². The average Bonchev–Trinajstić information content (AvgIpc) is 3.18. The first-order valence-corrected chi connectivity index (χ1v) is 9.37. The Bertz CT molecular complexity index is 854. The molecule has 0 aliphatic carbocycles. The molecule has 1 amide bonds. The molecule has 2 aromatic carbocycles. The Labute approximate surface area is 166 Å². The summed E-state index contributed by atoms with van der Waals surface area (Å²) in [6, 6.07) is 13.5. The molecule has 1 aliphatic heterocycles. The highest BCUT2D eigenvalue weighted by molar-refractivity contribution is 9.10. The first kappa shape index (κ1) is 19.2. The molecule has 0 saturated carbocycles. The molecule has 142 valence electrons. The molecule has 1 atom stereocenters. The topological polar surface area (TPSA) is 69.2 Å². The quantitative estimate of drug-likeness (QED) is 0.728. The fourth-order valence-electron chi connectivity index (χ4n) is 2.84. The number of nitrogens with one attached hydrogen (secondary N) is 1. The summed E-state index contributed by atoms with van der Waals surface area (Å²) in [5.41, 5.74) is 2.77. The van der Waals surface area contributed by atoms with E-state index in [4.69, 9.17) is 14.3 Å². The van der Waals surface area contributed by atoms with Gasteiger partial charge < -0.3 is 19.6 Å². The lowest BCUT2D eigenvalue weighted by Crippen LogP contribution is -2.36. The molecule has 0 unspecified atom stereocenters. The summed E-state index contributed by atoms with van der Waals surface area (Å²) in [4.78, 5) is 17.7. The Morgan fingerprint density at radius 2 is 2.04 bits per heavy atom. The van der Waals surface area contributed by atoms with Crippen LogP contribution >= 0.6 is 15.9 Å². The minimum atomic E-state index is -0.593. The summed E-state index contributed by atoms with van der Waals surface area (Å²) in [6.07, 6.45) is 0.543. The largest absolute Gasteiger partial charge is 0.493 e. The molecule has 0 fully saturated rings. The van der Waals surface area contributed by atoms with Gasteiger partial charge in [-0.15, -0.1) is 0 Å². The third kappa shape index (κ3) is 4.80. The Balaban J connectivity index is 1.49. The summed E-state index contributed by atoms with van der Waals surface area (Å²) in [5.74, 6) is 1.19. The van der Waals surface area contributed by atoms with E-state index in [1.807, 2.05) is 42.5 Å². The maximum atomic E-state index is 12.3. The number of halogens is 1. The Morgan fingerprint density at radius 1 is 1.22 bits per heavy atom. The van der Waals surface area contributed by atoms with Gasteiger partial charge in [0, 0.05) is 23.0 Å². The standard InChI is InChI=1S/C20H21BrN2O4/c1-25-17-7-6-13(10-18(17)26-2)8-9-22-20(24)19-12-16(23-27-19)14-4-3-5-15(21)11-14/h3-7,10-11,19H,8-9,12H2,1-2H3,(H,22,24)/t19-/m0/s1. The van der Waals surface area contributed by atoms with E-state index in [-0.39, 0.29) is 5.91 Å². The minimum absolute atomic E-state index is 0.163. The maximum Gasteiger partial charge on any atom is 0.264 e. The fourth-order valence-corrected chi connectivity index (χ4v) is 3.24. The number of methoxy groups -OCH3 is 2. The molecule has 7 heteroatoms. The van der Waals surface area contributed by atoms with Crippen molar-refractivity contribution in [3.63, 3.8) is 0 Å². The molecule has 0 saturated heterocycles. The van der Waals surface area contributed by atoms with Gasteiger partial charge in [-0.3, -0.25) is 4.79 Å². The third-order valence-corrected chi connectivity index (χ3v) is 4.77. The first-order chi connectivity index (χ1) is 13.1. The predicted octanol–water partition coefficient (Wildman–Crippen LogP) is 3.32. The van der Waals surface area contributed by atoms with Gasteiger partial charge in [-0.1, -0.05) is 39.3 Å². The van der Waals surface area contributed by atoms with E-state index in [2.05, 4.69) is 26.4 Å². The molecule has 27 heavy (non-hydrogen) atoms. The van der Waals surface area contributed by atoms with Crippen LogP contribution < -0.4 is 14.8 Å². The van der Waals surface area contributed by atoms with Crippen molar-refractivity contribution in [2.75, 3.05) is 20.8 Å². The summed E-state index contributed by atoms with van der Waals surface area (Å²) < 4.78 is 11.5. The van der Waals surface area contributed by atoms with Crippen molar-refractivity contribution < 1.29 is 19.1 Å². The summed E-state index contributed by atoms with van der Waals surface area (Å²) in [6.45, 7) is 0.500. The Kier molecular flexibility index (Phi) is 6.34. The van der Waals surface area contributed by atoms with E-state index in [0.717, 1.165) is 21.3 Å². The monoisotopic (exact) mass is 432 g/mol. The molecular weight excluding hydrogens is 412 g/mol. The zero-order valence-electron chi connectivity index (χ0n) is 15.2. The van der Waals surface area contributed by atoms with Crippen molar-refractivity contribution in [3.8, 4) is 11.5 Å². The number of carbonyl (C=O) groups excluding carboxylic acids is 1. The number of oxime groups is 1. The van der Waals surface area contributed by atoms with Gasteiger partial charge in [-0.2, -0.15) is 0 Å². The Hall–Kier alpha value is -2.54. The molecule has 3 rings (SSSR count). The molecule has 6 nitrogen and oxygen atoms in total. The van der Waals surface area contributed by atoms with E-state index in [1.165, 1.54) is 0 Å². The second kappa shape index (κ2) is 8.90. The van der Waals surface area contributed by atoms with Crippen molar-refractivity contribution >= 4 is 27.5 Å². The first-order valence-electron chi connectivity index (χ1n) is 8.58. The number of hydrogen-bond acceptors (Lipinski definition) is 5. The van der Waals surface area contributed by atoms with Crippen molar-refractivity contribution in [3.05, 3.63) is 58.1 Å². The SMILES string of the molecule is COc1ccc(CCNC(=O)[C@@H]2CC(c3cccc(Br)c3)=NO2)cc1OC. The van der Waals surface area contributed by atoms with Crippen LogP contribution in [0.15, 0.2) is 52.1 Å². The molecular formula is C20H21BrN2O4. The number of carbonyl (C=O) groups is 1. The summed E-state index contributed by atoms with van der Waals surface area (Å²) in [7, 11) is 3.20. The maximum absolute atomic E-state index is 12.3. The van der Waals surface area contributed by atoms with Crippen LogP contribution in [-0.2, 0) is 16.1 Å². The van der Waals surface area contributed by atoms with Gasteiger partial charge in [0.15, 0.2) is 11.5 Å². The van der Waals surface area contributed by atoms with E-state index in [1.54, 1.807) is 14.2 Å². The van der Waals surface area contributed by atoms with Crippen LogP contribution in [-0.4, -0.2) is 38.5 Å². The third-order valence-electron chi connectivity index (χ3n) is 4.28. The van der Waals surface area contributed by atoms with Crippen LogP contribution in [0.5, 0.6) is 11.5 Å². The van der Waals surface area contributed by atoms with Gasteiger partial charge in [-0.25, -0.2) is 0 Å². The molecule has 1 aliphatic rings. The zero-order valence-corrected chi connectivity index (χ0v) is 16.8. The van der Waals surface area contributed by atoms with Crippen LogP contribution in [0.4, 0.5) is 0 Å². The summed E-state index contributed by atoms with van der Waals surface area (Å²) in [5, 5.41) is 6.97. The highest BCUT2D eigenvalue weighted by Gasteiger charge is 2.28. The fraction of sp³-hybridized carbons (Fsp3) is 0.300. The molecule has 0 radical (unpaired) electrons. The summed E-state index contributed by atoms with van der Waals surface area (Å²) >= 11 is 3.44. The van der Waals surface area contributed by atoms with Gasteiger partial charge in [0.2, 0.25) is 6.10 Å². The van der Waals surface area contributed by atoms with Crippen LogP contribution in [0.3, 0.4) is 0 Å². The van der Waals surface area contributed by atoms with Gasteiger partial charge in [-0.05, 0) is 36.2 Å². The molecule has 0 bridgehead atoms. The number of ether oxygens (including phenoxy) is 2. The lowest BCUT2D eigenvalue weighted by Gasteiger charge is -2.11. The van der Waals surface area contributed by atoms with Crippen molar-refractivity contribution in [1.82, 2.24) is 5.32 Å². The normalized spacial score (nSPS) is 15.7. The predicted molar refractivity (Wildman–Crippen MR) is 106 cm³/mol. The van der Waals surface area contributed by atoms with E-state index in [9.17, 15) is 4.79 Å². The van der Waals surface area contributed by atoms with Crippen molar-refractivity contribution in [1.29, 1.82) is 0 Å². The number of nitrogens with zero attached hydrogens (tertiary/aromatic N) is 1. The number of benzene rings is 2. The number of hydrogen-bond donors (Lipinski definition) is 1. The zero-order chi connectivity index (χ0) is 19.2. The smallest absolute Gasteiger partial charge is 0.264 e. The highest BCUT2D eigenvalue weighted by atomic mass is 79.9. The average molecular weight is 433 g/mol. The van der Waals surface area contributed by atoms with Gasteiger partial charge in [0.25, 0.3) is 5.91 Å². The van der Waals surface area contributed by atoms with Crippen LogP contribution in [0.25, 0.3) is 0 Å². The second-order valence-electron chi connectivity index (χ2n) is 6.08. The minimum Gasteiger partial charge on any atom is -0.493 e. The lowest BCUT2D eigenvalue weighted by atomic mass is 10.0. The molecule has 0 aromatic heterocycles. The molecule has 1 N–H and O–H groups in total. The number of amides is 1. The lowest BCUT2D eigenvalue weighted by molar-refractivity contribution is -0.131. The van der Waals surface area contributed by atoms with Crippen LogP contribution in [0, 0.1) is 0 Å². The van der Waals surface area contributed by atoms with Gasteiger partial charge in [0.1, 0.15) is 0 Å².